The van der Waals surface area contributed by atoms with Crippen molar-refractivity contribution in [2.45, 2.75) is 44.6 Å². The lowest BCUT2D eigenvalue weighted by molar-refractivity contribution is -0.142. The molecule has 2 saturated heterocycles. The lowest BCUT2D eigenvalue weighted by atomic mass is 9.97. The molecule has 30 heavy (non-hydrogen) atoms. The van der Waals surface area contributed by atoms with Crippen molar-refractivity contribution in [1.82, 2.24) is 9.97 Å². The highest BCUT2D eigenvalue weighted by Crippen LogP contribution is 2.26. The molecule has 2 aliphatic rings. The lowest BCUT2D eigenvalue weighted by Gasteiger charge is -2.32. The Bertz CT molecular complexity index is 863. The molecule has 8 heteroatoms. The maximum absolute atomic E-state index is 11.1. The average molecular weight is 475 g/mol. The van der Waals surface area contributed by atoms with E-state index in [0.29, 0.717) is 24.9 Å². The molecular weight excluding hydrogens is 448 g/mol. The molecule has 2 aliphatic heterocycles. The Morgan fingerprint density at radius 3 is 2.67 bits per heavy atom. The first-order valence-electron chi connectivity index (χ1n) is 10.6. The van der Waals surface area contributed by atoms with Crippen LogP contribution in [-0.4, -0.2) is 46.8 Å². The summed E-state index contributed by atoms with van der Waals surface area (Å²) in [6, 6.07) is 8.13. The van der Waals surface area contributed by atoms with Crippen molar-refractivity contribution >= 4 is 39.2 Å². The van der Waals surface area contributed by atoms with E-state index in [2.05, 4.69) is 48.2 Å². The van der Waals surface area contributed by atoms with Crippen molar-refractivity contribution in [3.05, 3.63) is 40.6 Å². The number of aryl methyl sites for hydroxylation is 1. The second-order valence-electron chi connectivity index (χ2n) is 7.93. The summed E-state index contributed by atoms with van der Waals surface area (Å²) >= 11 is 3.56. The van der Waals surface area contributed by atoms with Crippen LogP contribution >= 0.6 is 15.9 Å². The molecule has 0 radical (unpaired) electrons. The number of nitrogens with zero attached hydrogens (tertiary/aromatic N) is 3. The van der Waals surface area contributed by atoms with Gasteiger partial charge in [0, 0.05) is 37.3 Å². The molecule has 0 spiro atoms. The van der Waals surface area contributed by atoms with E-state index in [1.165, 1.54) is 0 Å². The molecule has 160 valence electrons. The summed E-state index contributed by atoms with van der Waals surface area (Å²) in [5.41, 5.74) is 3.02. The van der Waals surface area contributed by atoms with Crippen LogP contribution in [0.1, 0.15) is 37.8 Å². The number of carboxylic acid groups (broad SMARTS) is 1. The largest absolute Gasteiger partial charge is 0.481 e. The van der Waals surface area contributed by atoms with Gasteiger partial charge in [-0.05, 0) is 78.7 Å². The number of aliphatic carboxylic acids is 1. The van der Waals surface area contributed by atoms with Crippen molar-refractivity contribution in [3.8, 4) is 0 Å². The zero-order chi connectivity index (χ0) is 20.9. The van der Waals surface area contributed by atoms with Crippen molar-refractivity contribution in [1.29, 1.82) is 0 Å². The maximum Gasteiger partial charge on any atom is 0.306 e. The summed E-state index contributed by atoms with van der Waals surface area (Å²) in [4.78, 5) is 22.4. The van der Waals surface area contributed by atoms with Crippen molar-refractivity contribution in [3.63, 3.8) is 0 Å². The zero-order valence-corrected chi connectivity index (χ0v) is 18.5. The number of ether oxygens (including phenoxy) is 1. The van der Waals surface area contributed by atoms with Gasteiger partial charge in [-0.1, -0.05) is 0 Å². The fourth-order valence-electron chi connectivity index (χ4n) is 4.08. The van der Waals surface area contributed by atoms with E-state index in [1.807, 2.05) is 12.1 Å². The molecular formula is C22H27BrN4O3. The summed E-state index contributed by atoms with van der Waals surface area (Å²) in [5.74, 6) is -0.319. The first kappa shape index (κ1) is 21.1. The minimum absolute atomic E-state index is 0.217. The van der Waals surface area contributed by atoms with E-state index >= 15 is 0 Å². The van der Waals surface area contributed by atoms with Gasteiger partial charge in [-0.3, -0.25) is 4.79 Å². The van der Waals surface area contributed by atoms with E-state index in [9.17, 15) is 4.79 Å². The minimum Gasteiger partial charge on any atom is -0.481 e. The molecule has 4 rings (SSSR count). The van der Waals surface area contributed by atoms with Crippen LogP contribution in [0.5, 0.6) is 0 Å². The van der Waals surface area contributed by atoms with E-state index in [-0.39, 0.29) is 5.92 Å². The predicted molar refractivity (Wildman–Crippen MR) is 119 cm³/mol. The van der Waals surface area contributed by atoms with Gasteiger partial charge in [0.1, 0.15) is 0 Å². The molecule has 7 nitrogen and oxygen atoms in total. The molecule has 2 fully saturated rings. The molecule has 0 bridgehead atoms. The molecule has 1 unspecified atom stereocenters. The maximum atomic E-state index is 11.1. The van der Waals surface area contributed by atoms with E-state index in [4.69, 9.17) is 9.84 Å². The molecule has 0 saturated carbocycles. The van der Waals surface area contributed by atoms with E-state index in [0.717, 1.165) is 66.9 Å². The third kappa shape index (κ3) is 5.29. The van der Waals surface area contributed by atoms with Gasteiger partial charge >= 0.3 is 5.97 Å². The lowest BCUT2D eigenvalue weighted by Crippen LogP contribution is -2.36. The minimum atomic E-state index is -0.682. The first-order chi connectivity index (χ1) is 14.6. The van der Waals surface area contributed by atoms with Crippen LogP contribution in [0.2, 0.25) is 0 Å². The number of hydrogen-bond donors (Lipinski definition) is 2. The molecule has 1 aromatic heterocycles. The van der Waals surface area contributed by atoms with Gasteiger partial charge in [0.05, 0.1) is 22.2 Å². The number of hydrogen-bond acceptors (Lipinski definition) is 6. The Morgan fingerprint density at radius 1 is 1.23 bits per heavy atom. The summed E-state index contributed by atoms with van der Waals surface area (Å²) in [6.07, 6.45) is 7.63. The van der Waals surface area contributed by atoms with E-state index in [1.54, 1.807) is 6.20 Å². The van der Waals surface area contributed by atoms with Crippen LogP contribution in [0.4, 0.5) is 17.3 Å². The topological polar surface area (TPSA) is 87.6 Å². The number of anilines is 3. The molecule has 2 aromatic rings. The Labute approximate surface area is 185 Å². The van der Waals surface area contributed by atoms with Crippen LogP contribution in [0, 0.1) is 5.92 Å². The molecule has 3 heterocycles. The van der Waals surface area contributed by atoms with Gasteiger partial charge in [-0.15, -0.1) is 0 Å². The Balaban J connectivity index is 1.35. The normalized spacial score (nSPS) is 19.8. The highest BCUT2D eigenvalue weighted by Gasteiger charge is 2.24. The number of halogens is 1. The van der Waals surface area contributed by atoms with Crippen molar-refractivity contribution in [2.24, 2.45) is 5.92 Å². The Kier molecular flexibility index (Phi) is 6.84. The Morgan fingerprint density at radius 2 is 2.00 bits per heavy atom. The SMILES string of the molecule is O=C(O)C1CCN(c2ccc(Nc3ncc(Br)c(CCC4CCCO4)n3)cc2)CC1. The highest BCUT2D eigenvalue weighted by molar-refractivity contribution is 9.10. The average Bonchev–Trinajstić information content (AvgIpc) is 3.28. The third-order valence-electron chi connectivity index (χ3n) is 5.88. The van der Waals surface area contributed by atoms with Crippen LogP contribution in [0.25, 0.3) is 0 Å². The molecule has 0 aliphatic carbocycles. The summed E-state index contributed by atoms with van der Waals surface area (Å²) in [6.45, 7) is 2.41. The summed E-state index contributed by atoms with van der Waals surface area (Å²) in [7, 11) is 0. The fraction of sp³-hybridized carbons (Fsp3) is 0.500. The molecule has 0 amide bonds. The number of benzene rings is 1. The quantitative estimate of drug-likeness (QED) is 0.614. The fourth-order valence-corrected chi connectivity index (χ4v) is 4.47. The monoisotopic (exact) mass is 474 g/mol. The third-order valence-corrected chi connectivity index (χ3v) is 6.54. The van der Waals surface area contributed by atoms with Crippen molar-refractivity contribution in [2.75, 3.05) is 29.9 Å². The molecule has 1 atom stereocenters. The van der Waals surface area contributed by atoms with Gasteiger partial charge in [0.15, 0.2) is 0 Å². The number of aromatic nitrogens is 2. The van der Waals surface area contributed by atoms with Gasteiger partial charge in [0.2, 0.25) is 5.95 Å². The zero-order valence-electron chi connectivity index (χ0n) is 16.9. The van der Waals surface area contributed by atoms with Crippen LogP contribution in [0.15, 0.2) is 34.9 Å². The predicted octanol–water partition coefficient (Wildman–Crippen LogP) is 4.40. The summed E-state index contributed by atoms with van der Waals surface area (Å²) in [5, 5.41) is 12.4. The smallest absolute Gasteiger partial charge is 0.306 e. The number of rotatable bonds is 7. The second-order valence-corrected chi connectivity index (χ2v) is 8.79. The van der Waals surface area contributed by atoms with Crippen LogP contribution in [-0.2, 0) is 16.0 Å². The second kappa shape index (κ2) is 9.75. The van der Waals surface area contributed by atoms with Crippen LogP contribution in [0.3, 0.4) is 0 Å². The van der Waals surface area contributed by atoms with E-state index < -0.39 is 5.97 Å². The van der Waals surface area contributed by atoms with Gasteiger partial charge in [0.25, 0.3) is 0 Å². The summed E-state index contributed by atoms with van der Waals surface area (Å²) < 4.78 is 6.63. The van der Waals surface area contributed by atoms with Crippen molar-refractivity contribution < 1.29 is 14.6 Å². The number of nitrogens with one attached hydrogen (secondary N) is 1. The number of carboxylic acids is 1. The molecule has 2 N–H and O–H groups in total. The molecule has 1 aromatic carbocycles. The van der Waals surface area contributed by atoms with Gasteiger partial charge in [-0.2, -0.15) is 0 Å². The van der Waals surface area contributed by atoms with Crippen LogP contribution < -0.4 is 10.2 Å². The first-order valence-corrected chi connectivity index (χ1v) is 11.4. The van der Waals surface area contributed by atoms with Gasteiger partial charge in [-0.25, -0.2) is 9.97 Å². The number of piperidine rings is 1. The standard InChI is InChI=1S/C22H27BrN4O3/c23-19-14-24-22(26-20(19)8-7-18-2-1-13-30-18)25-16-3-5-17(6-4-16)27-11-9-15(10-12-27)21(28)29/h3-6,14-15,18H,1-2,7-13H2,(H,28,29)(H,24,25,26). The number of carbonyl (C=O) groups is 1. The Hall–Kier alpha value is -2.19. The van der Waals surface area contributed by atoms with Gasteiger partial charge < -0.3 is 20.1 Å². The highest BCUT2D eigenvalue weighted by atomic mass is 79.9.